The number of carbonyl (C=O) groups excluding carboxylic acids is 2. The van der Waals surface area contributed by atoms with Crippen LogP contribution < -0.4 is 10.6 Å². The predicted octanol–water partition coefficient (Wildman–Crippen LogP) is 2.05. The zero-order valence-corrected chi connectivity index (χ0v) is 14.7. The number of amides is 2. The van der Waals surface area contributed by atoms with Gasteiger partial charge in [-0.1, -0.05) is 58.0 Å². The first-order valence-corrected chi connectivity index (χ1v) is 8.01. The summed E-state index contributed by atoms with van der Waals surface area (Å²) in [6.45, 7) is 7.22. The van der Waals surface area contributed by atoms with Crippen molar-refractivity contribution in [3.63, 3.8) is 0 Å². The first-order valence-electron chi connectivity index (χ1n) is 8.01. The van der Waals surface area contributed by atoms with Gasteiger partial charge >= 0.3 is 5.97 Å². The largest absolute Gasteiger partial charge is 0.479 e. The molecule has 1 unspecified atom stereocenters. The molecule has 1 atom stereocenters. The van der Waals surface area contributed by atoms with Crippen LogP contribution in [0, 0.1) is 5.41 Å². The van der Waals surface area contributed by atoms with E-state index in [1.54, 1.807) is 58.0 Å². The lowest BCUT2D eigenvalue weighted by Crippen LogP contribution is -2.52. The monoisotopic (exact) mass is 334 g/mol. The van der Waals surface area contributed by atoms with Crippen LogP contribution in [0.15, 0.2) is 30.3 Å². The van der Waals surface area contributed by atoms with Crippen molar-refractivity contribution in [2.75, 3.05) is 6.54 Å². The third-order valence-corrected chi connectivity index (χ3v) is 3.83. The minimum Gasteiger partial charge on any atom is -0.479 e. The Morgan fingerprint density at radius 2 is 1.67 bits per heavy atom. The molecule has 0 bridgehead atoms. The molecule has 0 radical (unpaired) electrons. The fourth-order valence-electron chi connectivity index (χ4n) is 2.27. The number of aliphatic carboxylic acids is 1. The van der Waals surface area contributed by atoms with Crippen LogP contribution in [0.5, 0.6) is 0 Å². The number of hydrogen-bond acceptors (Lipinski definition) is 3. The van der Waals surface area contributed by atoms with Crippen molar-refractivity contribution < 1.29 is 19.5 Å². The highest BCUT2D eigenvalue weighted by Crippen LogP contribution is 2.25. The van der Waals surface area contributed by atoms with Gasteiger partial charge in [0.15, 0.2) is 5.54 Å². The summed E-state index contributed by atoms with van der Waals surface area (Å²) >= 11 is 0. The van der Waals surface area contributed by atoms with E-state index in [0.717, 1.165) is 0 Å². The zero-order valence-electron chi connectivity index (χ0n) is 14.7. The third kappa shape index (κ3) is 4.81. The van der Waals surface area contributed by atoms with Crippen molar-refractivity contribution in [1.29, 1.82) is 0 Å². The second-order valence-corrected chi connectivity index (χ2v) is 6.73. The summed E-state index contributed by atoms with van der Waals surface area (Å²) in [5.41, 5.74) is -1.48. The molecule has 3 N–H and O–H groups in total. The molecule has 132 valence electrons. The molecule has 0 aliphatic heterocycles. The molecule has 0 aromatic heterocycles. The number of carbonyl (C=O) groups is 3. The fraction of sp³-hybridized carbons (Fsp3) is 0.500. The van der Waals surface area contributed by atoms with E-state index >= 15 is 0 Å². The van der Waals surface area contributed by atoms with E-state index in [1.807, 2.05) is 0 Å². The topological polar surface area (TPSA) is 95.5 Å². The lowest BCUT2D eigenvalue weighted by Gasteiger charge is -2.30. The number of benzene rings is 1. The Morgan fingerprint density at radius 1 is 1.08 bits per heavy atom. The predicted molar refractivity (Wildman–Crippen MR) is 91.3 cm³/mol. The third-order valence-electron chi connectivity index (χ3n) is 3.83. The van der Waals surface area contributed by atoms with Crippen LogP contribution in [0.25, 0.3) is 0 Å². The maximum Gasteiger partial charge on any atom is 0.334 e. The van der Waals surface area contributed by atoms with Crippen LogP contribution in [0.2, 0.25) is 0 Å². The van der Waals surface area contributed by atoms with E-state index in [9.17, 15) is 19.5 Å². The van der Waals surface area contributed by atoms with E-state index in [4.69, 9.17) is 0 Å². The number of hydrogen-bond donors (Lipinski definition) is 3. The average molecular weight is 334 g/mol. The summed E-state index contributed by atoms with van der Waals surface area (Å²) in [5.74, 6) is -1.68. The maximum absolute atomic E-state index is 12.2. The van der Waals surface area contributed by atoms with Crippen LogP contribution in [-0.4, -0.2) is 29.4 Å². The standard InChI is InChI=1S/C18H26N2O4/c1-5-18(16(23)24,13-9-7-6-8-10-13)20-14(21)11-12-19-15(22)17(2,3)4/h6-10H,5,11-12H2,1-4H3,(H,19,22)(H,20,21)(H,23,24). The van der Waals surface area contributed by atoms with Gasteiger partial charge in [0.2, 0.25) is 11.8 Å². The molecule has 0 heterocycles. The summed E-state index contributed by atoms with van der Waals surface area (Å²) in [6.07, 6.45) is 0.232. The molecule has 1 rings (SSSR count). The van der Waals surface area contributed by atoms with Crippen LogP contribution in [0.4, 0.5) is 0 Å². The van der Waals surface area contributed by atoms with Gasteiger partial charge in [0, 0.05) is 18.4 Å². The number of nitrogens with one attached hydrogen (secondary N) is 2. The molecule has 6 nitrogen and oxygen atoms in total. The second-order valence-electron chi connectivity index (χ2n) is 6.73. The fourth-order valence-corrected chi connectivity index (χ4v) is 2.27. The van der Waals surface area contributed by atoms with Crippen molar-refractivity contribution >= 4 is 17.8 Å². The zero-order chi connectivity index (χ0) is 18.4. The van der Waals surface area contributed by atoms with Crippen LogP contribution in [0.1, 0.15) is 46.1 Å². The lowest BCUT2D eigenvalue weighted by atomic mass is 9.87. The molecule has 1 aromatic carbocycles. The molecular weight excluding hydrogens is 308 g/mol. The van der Waals surface area contributed by atoms with Gasteiger partial charge in [-0.25, -0.2) is 4.79 Å². The number of rotatable bonds is 7. The first-order chi connectivity index (χ1) is 11.1. The van der Waals surface area contributed by atoms with Crippen LogP contribution >= 0.6 is 0 Å². The molecule has 2 amide bonds. The summed E-state index contributed by atoms with van der Waals surface area (Å²) < 4.78 is 0. The normalized spacial score (nSPS) is 13.7. The van der Waals surface area contributed by atoms with Crippen LogP contribution in [-0.2, 0) is 19.9 Å². The van der Waals surface area contributed by atoms with Gasteiger partial charge in [0.25, 0.3) is 0 Å². The SMILES string of the molecule is CCC(NC(=O)CCNC(=O)C(C)(C)C)(C(=O)O)c1ccccc1. The van der Waals surface area contributed by atoms with Crippen LogP contribution in [0.3, 0.4) is 0 Å². The molecule has 0 aliphatic rings. The smallest absolute Gasteiger partial charge is 0.334 e. The molecule has 6 heteroatoms. The minimum atomic E-state index is -1.47. The Balaban J connectivity index is 2.77. The van der Waals surface area contributed by atoms with Crippen molar-refractivity contribution in [3.05, 3.63) is 35.9 Å². The average Bonchev–Trinajstić information content (AvgIpc) is 2.52. The van der Waals surface area contributed by atoms with E-state index in [-0.39, 0.29) is 25.3 Å². The molecule has 0 aliphatic carbocycles. The Labute approximate surface area is 142 Å². The summed E-state index contributed by atoms with van der Waals surface area (Å²) in [4.78, 5) is 35.8. The van der Waals surface area contributed by atoms with Gasteiger partial charge < -0.3 is 15.7 Å². The second kappa shape index (κ2) is 7.95. The minimum absolute atomic E-state index is 0.0175. The Hall–Kier alpha value is -2.37. The highest BCUT2D eigenvalue weighted by molar-refractivity contribution is 5.88. The van der Waals surface area contributed by atoms with Crippen molar-refractivity contribution in [3.8, 4) is 0 Å². The summed E-state index contributed by atoms with van der Waals surface area (Å²) in [5, 5.41) is 15.0. The molecule has 24 heavy (non-hydrogen) atoms. The molecule has 0 fully saturated rings. The summed E-state index contributed by atoms with van der Waals surface area (Å²) in [6, 6.07) is 8.62. The molecule has 0 saturated heterocycles. The van der Waals surface area contributed by atoms with Crippen molar-refractivity contribution in [1.82, 2.24) is 10.6 Å². The number of carboxylic acid groups (broad SMARTS) is 1. The Morgan fingerprint density at radius 3 is 2.12 bits per heavy atom. The van der Waals surface area contributed by atoms with E-state index < -0.39 is 22.8 Å². The van der Waals surface area contributed by atoms with E-state index in [2.05, 4.69) is 10.6 Å². The van der Waals surface area contributed by atoms with E-state index in [0.29, 0.717) is 5.56 Å². The maximum atomic E-state index is 12.2. The van der Waals surface area contributed by atoms with Gasteiger partial charge in [-0.3, -0.25) is 9.59 Å². The van der Waals surface area contributed by atoms with E-state index in [1.165, 1.54) is 0 Å². The van der Waals surface area contributed by atoms with Crippen molar-refractivity contribution in [2.24, 2.45) is 5.41 Å². The molecule has 0 saturated carbocycles. The number of carboxylic acids is 1. The molecular formula is C18H26N2O4. The van der Waals surface area contributed by atoms with Gasteiger partial charge in [0.1, 0.15) is 0 Å². The highest BCUT2D eigenvalue weighted by Gasteiger charge is 2.40. The molecule has 0 spiro atoms. The lowest BCUT2D eigenvalue weighted by molar-refractivity contribution is -0.148. The Bertz CT molecular complexity index is 593. The van der Waals surface area contributed by atoms with Gasteiger partial charge in [-0.15, -0.1) is 0 Å². The van der Waals surface area contributed by atoms with Gasteiger partial charge in [-0.05, 0) is 12.0 Å². The van der Waals surface area contributed by atoms with Gasteiger partial charge in [0.05, 0.1) is 0 Å². The molecule has 1 aromatic rings. The quantitative estimate of drug-likeness (QED) is 0.711. The first kappa shape index (κ1) is 19.7. The van der Waals surface area contributed by atoms with Gasteiger partial charge in [-0.2, -0.15) is 0 Å². The Kier molecular flexibility index (Phi) is 6.51. The highest BCUT2D eigenvalue weighted by atomic mass is 16.4. The summed E-state index contributed by atoms with van der Waals surface area (Å²) in [7, 11) is 0. The van der Waals surface area contributed by atoms with Crippen molar-refractivity contribution in [2.45, 2.75) is 46.1 Å².